The minimum Gasteiger partial charge on any atom is -0.354 e. The van der Waals surface area contributed by atoms with Crippen LogP contribution in [0.5, 0.6) is 0 Å². The van der Waals surface area contributed by atoms with Gasteiger partial charge in [0.15, 0.2) is 5.96 Å². The van der Waals surface area contributed by atoms with E-state index in [0.717, 1.165) is 56.2 Å². The smallest absolute Gasteiger partial charge is 0.191 e. The molecule has 0 radical (unpaired) electrons. The lowest BCUT2D eigenvalue weighted by Gasteiger charge is -2.30. The van der Waals surface area contributed by atoms with E-state index >= 15 is 0 Å². The van der Waals surface area contributed by atoms with Gasteiger partial charge in [0.05, 0.1) is 6.54 Å². The molecule has 0 spiro atoms. The molecule has 1 aromatic heterocycles. The number of imidazole rings is 1. The zero-order chi connectivity index (χ0) is 20.5. The Bertz CT molecular complexity index is 805. The van der Waals surface area contributed by atoms with Gasteiger partial charge in [-0.25, -0.2) is 4.98 Å². The van der Waals surface area contributed by atoms with Crippen molar-refractivity contribution in [1.82, 2.24) is 20.2 Å². The molecule has 1 fully saturated rings. The van der Waals surface area contributed by atoms with Crippen LogP contribution in [0.25, 0.3) is 0 Å². The first-order valence-electron chi connectivity index (χ1n) is 10.6. The summed E-state index contributed by atoms with van der Waals surface area (Å²) in [5, 5.41) is 7.22. The number of nitrogens with zero attached hydrogens (tertiary/aromatic N) is 3. The predicted octanol–water partition coefficient (Wildman–Crippen LogP) is 2.87. The maximum atomic E-state index is 12.2. The van der Waals surface area contributed by atoms with E-state index in [2.05, 4.69) is 49.4 Å². The van der Waals surface area contributed by atoms with Gasteiger partial charge in [-0.05, 0) is 31.2 Å². The molecule has 1 saturated carbocycles. The van der Waals surface area contributed by atoms with Gasteiger partial charge >= 0.3 is 0 Å². The van der Waals surface area contributed by atoms with Crippen molar-refractivity contribution >= 4 is 16.8 Å². The molecular weight excluding hydrogens is 382 g/mol. The maximum absolute atomic E-state index is 12.2. The molecule has 0 bridgehead atoms. The molecular formula is C22H33N5OS. The fourth-order valence-electron chi connectivity index (χ4n) is 3.91. The number of nitrogens with one attached hydrogen (secondary N) is 2. The predicted molar refractivity (Wildman–Crippen MR) is 120 cm³/mol. The van der Waals surface area contributed by atoms with E-state index in [1.165, 1.54) is 5.56 Å². The van der Waals surface area contributed by atoms with Gasteiger partial charge in [-0.3, -0.25) is 9.20 Å². The Labute approximate surface area is 176 Å². The molecule has 2 N–H and O–H groups in total. The van der Waals surface area contributed by atoms with E-state index in [0.29, 0.717) is 17.8 Å². The fourth-order valence-corrected chi connectivity index (χ4v) is 5.25. The summed E-state index contributed by atoms with van der Waals surface area (Å²) in [4.78, 5) is 8.88. The van der Waals surface area contributed by atoms with Crippen molar-refractivity contribution in [1.29, 1.82) is 0 Å². The second-order valence-corrected chi connectivity index (χ2v) is 9.50. The summed E-state index contributed by atoms with van der Waals surface area (Å²) in [5.41, 5.74) is 1.33. The van der Waals surface area contributed by atoms with Gasteiger partial charge in [0.1, 0.15) is 5.82 Å². The molecule has 0 aliphatic heterocycles. The third-order valence-electron chi connectivity index (χ3n) is 5.55. The van der Waals surface area contributed by atoms with Crippen molar-refractivity contribution in [2.75, 3.05) is 12.8 Å². The number of guanidine groups is 1. The molecule has 3 atom stereocenters. The minimum atomic E-state index is -0.714. The number of rotatable bonds is 8. The average molecular weight is 416 g/mol. The van der Waals surface area contributed by atoms with Gasteiger partial charge in [0.25, 0.3) is 0 Å². The highest BCUT2D eigenvalue weighted by Crippen LogP contribution is 2.23. The third kappa shape index (κ3) is 6.42. The van der Waals surface area contributed by atoms with E-state index < -0.39 is 10.8 Å². The Kier molecular flexibility index (Phi) is 8.28. The SMILES string of the molecule is CCS(=O)C1CCCC(NC(=NC)NCc2nccn2CCc2ccccc2)C1. The van der Waals surface area contributed by atoms with Crippen LogP contribution in [0.15, 0.2) is 47.7 Å². The van der Waals surface area contributed by atoms with E-state index in [1.54, 1.807) is 7.05 Å². The minimum absolute atomic E-state index is 0.307. The van der Waals surface area contributed by atoms with E-state index in [-0.39, 0.29) is 0 Å². The number of hydrogen-bond acceptors (Lipinski definition) is 3. The molecule has 1 aliphatic carbocycles. The Balaban J connectivity index is 1.50. The number of aromatic nitrogens is 2. The first kappa shape index (κ1) is 21.6. The Morgan fingerprint density at radius 1 is 1.31 bits per heavy atom. The molecule has 2 aromatic rings. The van der Waals surface area contributed by atoms with Crippen LogP contribution < -0.4 is 10.6 Å². The number of benzene rings is 1. The summed E-state index contributed by atoms with van der Waals surface area (Å²) < 4.78 is 14.4. The molecule has 1 heterocycles. The Morgan fingerprint density at radius 3 is 2.90 bits per heavy atom. The maximum Gasteiger partial charge on any atom is 0.191 e. The van der Waals surface area contributed by atoms with Crippen molar-refractivity contribution in [2.24, 2.45) is 4.99 Å². The topological polar surface area (TPSA) is 71.3 Å². The second-order valence-electron chi connectivity index (χ2n) is 7.50. The average Bonchev–Trinajstić information content (AvgIpc) is 3.23. The molecule has 1 aromatic carbocycles. The molecule has 29 heavy (non-hydrogen) atoms. The lowest BCUT2D eigenvalue weighted by atomic mass is 9.95. The van der Waals surface area contributed by atoms with E-state index in [9.17, 15) is 4.21 Å². The largest absolute Gasteiger partial charge is 0.354 e. The summed E-state index contributed by atoms with van der Waals surface area (Å²) in [6.45, 7) is 3.53. The number of aliphatic imine (C=N–C) groups is 1. The van der Waals surface area contributed by atoms with Crippen LogP contribution in [0.2, 0.25) is 0 Å². The van der Waals surface area contributed by atoms with Gasteiger partial charge in [0, 0.05) is 53.8 Å². The highest BCUT2D eigenvalue weighted by molar-refractivity contribution is 7.85. The molecule has 6 nitrogen and oxygen atoms in total. The zero-order valence-electron chi connectivity index (χ0n) is 17.5. The van der Waals surface area contributed by atoms with Crippen LogP contribution in [-0.4, -0.2) is 43.8 Å². The first-order chi connectivity index (χ1) is 14.2. The molecule has 1 aliphatic rings. The van der Waals surface area contributed by atoms with E-state index in [1.807, 2.05) is 25.4 Å². The Hall–Kier alpha value is -2.15. The van der Waals surface area contributed by atoms with Gasteiger partial charge in [-0.2, -0.15) is 0 Å². The zero-order valence-corrected chi connectivity index (χ0v) is 18.3. The first-order valence-corrected chi connectivity index (χ1v) is 12.0. The van der Waals surface area contributed by atoms with Gasteiger partial charge in [-0.15, -0.1) is 0 Å². The molecule has 0 amide bonds. The van der Waals surface area contributed by atoms with Crippen molar-refractivity contribution in [3.8, 4) is 0 Å². The van der Waals surface area contributed by atoms with Crippen molar-refractivity contribution in [2.45, 2.75) is 63.4 Å². The molecule has 3 unspecified atom stereocenters. The summed E-state index contributed by atoms with van der Waals surface area (Å²) in [6, 6.07) is 10.8. The molecule has 0 saturated heterocycles. The van der Waals surface area contributed by atoms with Crippen LogP contribution in [0.1, 0.15) is 44.0 Å². The van der Waals surface area contributed by atoms with Crippen LogP contribution in [0.4, 0.5) is 0 Å². The number of hydrogen-bond donors (Lipinski definition) is 2. The lowest BCUT2D eigenvalue weighted by Crippen LogP contribution is -2.46. The monoisotopic (exact) mass is 415 g/mol. The summed E-state index contributed by atoms with van der Waals surface area (Å²) in [7, 11) is 1.08. The fraction of sp³-hybridized carbons (Fsp3) is 0.545. The van der Waals surface area contributed by atoms with Crippen LogP contribution in [0, 0.1) is 0 Å². The summed E-state index contributed by atoms with van der Waals surface area (Å²) >= 11 is 0. The Morgan fingerprint density at radius 2 is 2.14 bits per heavy atom. The number of aryl methyl sites for hydroxylation is 2. The van der Waals surface area contributed by atoms with Gasteiger partial charge in [-0.1, -0.05) is 43.7 Å². The van der Waals surface area contributed by atoms with Crippen molar-refractivity contribution in [3.05, 3.63) is 54.1 Å². The van der Waals surface area contributed by atoms with Crippen molar-refractivity contribution < 1.29 is 4.21 Å². The van der Waals surface area contributed by atoms with Crippen LogP contribution in [-0.2, 0) is 30.3 Å². The third-order valence-corrected chi connectivity index (χ3v) is 7.29. The molecule has 7 heteroatoms. The van der Waals surface area contributed by atoms with Gasteiger partial charge in [0.2, 0.25) is 0 Å². The highest BCUT2D eigenvalue weighted by atomic mass is 32.2. The lowest BCUT2D eigenvalue weighted by molar-refractivity contribution is 0.413. The van der Waals surface area contributed by atoms with Crippen LogP contribution in [0.3, 0.4) is 0 Å². The summed E-state index contributed by atoms with van der Waals surface area (Å²) in [6.07, 6.45) is 9.11. The summed E-state index contributed by atoms with van der Waals surface area (Å²) in [5.74, 6) is 2.53. The van der Waals surface area contributed by atoms with E-state index in [4.69, 9.17) is 0 Å². The standard InChI is InChI=1S/C22H33N5OS/c1-3-29(28)20-11-7-10-19(16-20)26-22(23-2)25-17-21-24-13-15-27(21)14-12-18-8-5-4-6-9-18/h4-6,8-9,13,15,19-20H,3,7,10-12,14,16-17H2,1-2H3,(H2,23,25,26). The highest BCUT2D eigenvalue weighted by Gasteiger charge is 2.26. The van der Waals surface area contributed by atoms with Crippen LogP contribution >= 0.6 is 0 Å². The quantitative estimate of drug-likeness (QED) is 0.514. The van der Waals surface area contributed by atoms with Crippen molar-refractivity contribution in [3.63, 3.8) is 0 Å². The molecule has 3 rings (SSSR count). The van der Waals surface area contributed by atoms with Gasteiger partial charge < -0.3 is 15.2 Å². The normalized spacial score (nSPS) is 21.0. The second kappa shape index (κ2) is 11.1. The molecule has 158 valence electrons.